The fraction of sp³-hybridized carbons (Fsp3) is 0.625. The fourth-order valence-electron chi connectivity index (χ4n) is 2.71. The molecule has 3 heteroatoms. The summed E-state index contributed by atoms with van der Waals surface area (Å²) in [7, 11) is 0. The van der Waals surface area contributed by atoms with Crippen molar-refractivity contribution in [3.63, 3.8) is 0 Å². The van der Waals surface area contributed by atoms with Crippen LogP contribution in [0.4, 0.5) is 0 Å². The van der Waals surface area contributed by atoms with Crippen LogP contribution in [0.1, 0.15) is 32.6 Å². The Morgan fingerprint density at radius 3 is 2.63 bits per heavy atom. The zero-order valence-corrected chi connectivity index (χ0v) is 11.7. The van der Waals surface area contributed by atoms with E-state index in [1.54, 1.807) is 0 Å². The number of hydrogen-bond donors (Lipinski definition) is 2. The molecule has 3 nitrogen and oxygen atoms in total. The Hall–Kier alpha value is -1.06. The predicted molar refractivity (Wildman–Crippen MR) is 77.4 cm³/mol. The van der Waals surface area contributed by atoms with Gasteiger partial charge in [-0.1, -0.05) is 31.0 Å². The molecule has 0 spiro atoms. The van der Waals surface area contributed by atoms with Crippen molar-refractivity contribution >= 4 is 0 Å². The van der Waals surface area contributed by atoms with Crippen molar-refractivity contribution in [1.29, 1.82) is 0 Å². The Labute approximate surface area is 116 Å². The maximum Gasteiger partial charge on any atom is 0.119 e. The van der Waals surface area contributed by atoms with Crippen LogP contribution in [0.25, 0.3) is 0 Å². The van der Waals surface area contributed by atoms with Crippen molar-refractivity contribution < 1.29 is 9.84 Å². The average Bonchev–Trinajstić information content (AvgIpc) is 2.98. The second-order valence-electron chi connectivity index (χ2n) is 5.52. The molecular weight excluding hydrogens is 238 g/mol. The van der Waals surface area contributed by atoms with E-state index in [2.05, 4.69) is 12.2 Å². The van der Waals surface area contributed by atoms with Gasteiger partial charge in [-0.3, -0.25) is 0 Å². The minimum absolute atomic E-state index is 0.342. The molecule has 0 heterocycles. The van der Waals surface area contributed by atoms with E-state index in [-0.39, 0.29) is 0 Å². The molecule has 1 aromatic rings. The first kappa shape index (κ1) is 14.4. The number of nitrogens with one attached hydrogen (secondary N) is 1. The third kappa shape index (κ3) is 4.84. The van der Waals surface area contributed by atoms with E-state index in [4.69, 9.17) is 4.74 Å². The highest BCUT2D eigenvalue weighted by Gasteiger charge is 2.21. The third-order valence-corrected chi connectivity index (χ3v) is 3.97. The van der Waals surface area contributed by atoms with E-state index in [9.17, 15) is 5.11 Å². The summed E-state index contributed by atoms with van der Waals surface area (Å²) < 4.78 is 5.54. The molecule has 2 N–H and O–H groups in total. The van der Waals surface area contributed by atoms with Crippen LogP contribution in [0, 0.1) is 5.92 Å². The third-order valence-electron chi connectivity index (χ3n) is 3.97. The Morgan fingerprint density at radius 2 is 1.95 bits per heavy atom. The summed E-state index contributed by atoms with van der Waals surface area (Å²) in [6.45, 7) is 3.17. The second kappa shape index (κ2) is 7.51. The summed E-state index contributed by atoms with van der Waals surface area (Å²) in [5, 5.41) is 13.3. The topological polar surface area (TPSA) is 41.5 Å². The summed E-state index contributed by atoms with van der Waals surface area (Å²) in [4.78, 5) is 0. The molecule has 0 bridgehead atoms. The lowest BCUT2D eigenvalue weighted by Gasteiger charge is -2.22. The number of aliphatic hydroxyl groups is 1. The number of benzene rings is 1. The number of hydrogen-bond acceptors (Lipinski definition) is 3. The lowest BCUT2D eigenvalue weighted by atomic mass is 10.00. The van der Waals surface area contributed by atoms with Crippen LogP contribution in [0.3, 0.4) is 0 Å². The van der Waals surface area contributed by atoms with Gasteiger partial charge in [0, 0.05) is 12.6 Å². The average molecular weight is 263 g/mol. The van der Waals surface area contributed by atoms with Gasteiger partial charge >= 0.3 is 0 Å². The molecule has 106 valence electrons. The summed E-state index contributed by atoms with van der Waals surface area (Å²) >= 11 is 0. The van der Waals surface area contributed by atoms with Crippen molar-refractivity contribution in [2.75, 3.05) is 13.2 Å². The Kier molecular flexibility index (Phi) is 5.67. The molecule has 1 aromatic carbocycles. The maximum atomic E-state index is 9.91. The van der Waals surface area contributed by atoms with Crippen molar-refractivity contribution in [2.45, 2.75) is 44.8 Å². The quantitative estimate of drug-likeness (QED) is 0.794. The fourth-order valence-corrected chi connectivity index (χ4v) is 2.71. The normalized spacial score (nSPS) is 19.3. The standard InChI is InChI=1S/C16H25NO2/c1-13(14-7-5-6-8-14)17-11-15(18)12-19-16-9-3-2-4-10-16/h2-4,9-10,13-15,17-18H,5-8,11-12H2,1H3. The number of para-hydroxylation sites is 1. The first-order chi connectivity index (χ1) is 9.25. The van der Waals surface area contributed by atoms with E-state index >= 15 is 0 Å². The monoisotopic (exact) mass is 263 g/mol. The zero-order chi connectivity index (χ0) is 13.5. The summed E-state index contributed by atoms with van der Waals surface area (Å²) in [6, 6.07) is 10.1. The van der Waals surface area contributed by atoms with Crippen LogP contribution in [0.15, 0.2) is 30.3 Å². The van der Waals surface area contributed by atoms with E-state index in [1.165, 1.54) is 25.7 Å². The first-order valence-corrected chi connectivity index (χ1v) is 7.35. The van der Waals surface area contributed by atoms with Crippen LogP contribution in [-0.2, 0) is 0 Å². The largest absolute Gasteiger partial charge is 0.491 e. The van der Waals surface area contributed by atoms with Crippen molar-refractivity contribution in [1.82, 2.24) is 5.32 Å². The number of aliphatic hydroxyl groups excluding tert-OH is 1. The molecule has 1 aliphatic carbocycles. The van der Waals surface area contributed by atoms with Crippen molar-refractivity contribution in [3.8, 4) is 5.75 Å². The van der Waals surface area contributed by atoms with Crippen molar-refractivity contribution in [3.05, 3.63) is 30.3 Å². The van der Waals surface area contributed by atoms with E-state index in [1.807, 2.05) is 30.3 Å². The smallest absolute Gasteiger partial charge is 0.119 e. The molecule has 1 aliphatic rings. The molecule has 0 aromatic heterocycles. The minimum Gasteiger partial charge on any atom is -0.491 e. The van der Waals surface area contributed by atoms with Crippen LogP contribution in [0.5, 0.6) is 5.75 Å². The first-order valence-electron chi connectivity index (χ1n) is 7.35. The van der Waals surface area contributed by atoms with Gasteiger partial charge in [-0.25, -0.2) is 0 Å². The van der Waals surface area contributed by atoms with Gasteiger partial charge in [0.15, 0.2) is 0 Å². The van der Waals surface area contributed by atoms with Crippen molar-refractivity contribution in [2.24, 2.45) is 5.92 Å². The van der Waals surface area contributed by atoms with Crippen LogP contribution < -0.4 is 10.1 Å². The van der Waals surface area contributed by atoms with Crippen LogP contribution in [-0.4, -0.2) is 30.4 Å². The highest BCUT2D eigenvalue weighted by Crippen LogP contribution is 2.27. The molecule has 2 atom stereocenters. The van der Waals surface area contributed by atoms with E-state index in [0.29, 0.717) is 19.2 Å². The molecule has 1 saturated carbocycles. The lowest BCUT2D eigenvalue weighted by molar-refractivity contribution is 0.102. The summed E-state index contributed by atoms with van der Waals surface area (Å²) in [5.41, 5.74) is 0. The Bertz CT molecular complexity index is 349. The van der Waals surface area contributed by atoms with Crippen LogP contribution >= 0.6 is 0 Å². The highest BCUT2D eigenvalue weighted by atomic mass is 16.5. The van der Waals surface area contributed by atoms with Gasteiger partial charge in [0.1, 0.15) is 18.5 Å². The second-order valence-corrected chi connectivity index (χ2v) is 5.52. The molecule has 1 fully saturated rings. The Morgan fingerprint density at radius 1 is 1.26 bits per heavy atom. The predicted octanol–water partition coefficient (Wildman–Crippen LogP) is 2.59. The molecule has 0 radical (unpaired) electrons. The molecule has 19 heavy (non-hydrogen) atoms. The summed E-state index contributed by atoms with van der Waals surface area (Å²) in [5.74, 6) is 1.59. The zero-order valence-electron chi connectivity index (χ0n) is 11.7. The molecule has 2 unspecified atom stereocenters. The minimum atomic E-state index is -0.455. The molecule has 0 aliphatic heterocycles. The molecular formula is C16H25NO2. The lowest BCUT2D eigenvalue weighted by Crippen LogP contribution is -2.39. The molecule has 0 amide bonds. The van der Waals surface area contributed by atoms with Gasteiger partial charge in [-0.2, -0.15) is 0 Å². The van der Waals surface area contributed by atoms with Crippen LogP contribution in [0.2, 0.25) is 0 Å². The molecule has 2 rings (SSSR count). The number of ether oxygens (including phenoxy) is 1. The summed E-state index contributed by atoms with van der Waals surface area (Å²) in [6.07, 6.45) is 4.91. The van der Waals surface area contributed by atoms with Gasteiger partial charge in [0.05, 0.1) is 0 Å². The maximum absolute atomic E-state index is 9.91. The SMILES string of the molecule is CC(NCC(O)COc1ccccc1)C1CCCC1. The molecule has 0 saturated heterocycles. The van der Waals surface area contributed by atoms with Gasteiger partial charge in [-0.15, -0.1) is 0 Å². The van der Waals surface area contributed by atoms with Gasteiger partial charge in [0.2, 0.25) is 0 Å². The van der Waals surface area contributed by atoms with E-state index < -0.39 is 6.10 Å². The van der Waals surface area contributed by atoms with Gasteiger partial charge in [0.25, 0.3) is 0 Å². The number of rotatable bonds is 7. The van der Waals surface area contributed by atoms with Gasteiger partial charge in [-0.05, 0) is 37.8 Å². The highest BCUT2D eigenvalue weighted by molar-refractivity contribution is 5.20. The Balaban J connectivity index is 1.62. The van der Waals surface area contributed by atoms with Gasteiger partial charge < -0.3 is 15.2 Å². The van der Waals surface area contributed by atoms with E-state index in [0.717, 1.165) is 11.7 Å².